The smallest absolute Gasteiger partial charge is 0.254 e. The Morgan fingerprint density at radius 1 is 1.12 bits per heavy atom. The molecule has 0 aliphatic carbocycles. The van der Waals surface area contributed by atoms with Gasteiger partial charge in [-0.05, 0) is 36.6 Å². The topological polar surface area (TPSA) is 38.3 Å². The van der Waals surface area contributed by atoms with Crippen molar-refractivity contribution >= 4 is 17.5 Å². The van der Waals surface area contributed by atoms with Crippen molar-refractivity contribution in [3.05, 3.63) is 70.0 Å². The molecule has 3 nitrogen and oxygen atoms in total. The molecule has 1 heterocycles. The van der Waals surface area contributed by atoms with E-state index in [1.165, 1.54) is 0 Å². The molecule has 2 aromatic carbocycles. The first kappa shape index (κ1) is 18.7. The lowest BCUT2D eigenvalue weighted by atomic mass is 9.74. The zero-order chi connectivity index (χ0) is 18.7. The van der Waals surface area contributed by atoms with Gasteiger partial charge in [0, 0.05) is 36.3 Å². The van der Waals surface area contributed by atoms with Crippen molar-refractivity contribution < 1.29 is 22.7 Å². The molecular weight excluding hydrogens is 367 g/mol. The normalized spacial score (nSPS) is 16.3. The average molecular weight is 384 g/mol. The first-order valence-corrected chi connectivity index (χ1v) is 8.56. The van der Waals surface area contributed by atoms with E-state index in [4.69, 9.17) is 16.3 Å². The average Bonchev–Trinajstić information content (AvgIpc) is 2.64. The van der Waals surface area contributed by atoms with Crippen LogP contribution >= 0.6 is 11.6 Å². The largest absolute Gasteiger partial charge is 0.381 e. The Morgan fingerprint density at radius 2 is 1.77 bits per heavy atom. The lowest BCUT2D eigenvalue weighted by molar-refractivity contribution is 0.0486. The van der Waals surface area contributed by atoms with Crippen LogP contribution in [-0.2, 0) is 10.2 Å². The number of ether oxygens (including phenoxy) is 1. The molecule has 7 heteroatoms. The summed E-state index contributed by atoms with van der Waals surface area (Å²) in [5.74, 6) is -4.63. The second-order valence-electron chi connectivity index (χ2n) is 6.33. The number of rotatable bonds is 4. The Labute approximate surface area is 154 Å². The molecule has 0 saturated carbocycles. The first-order chi connectivity index (χ1) is 12.4. The number of nitrogens with one attached hydrogen (secondary N) is 1. The van der Waals surface area contributed by atoms with Crippen LogP contribution in [0.15, 0.2) is 36.4 Å². The fourth-order valence-electron chi connectivity index (χ4n) is 3.20. The highest BCUT2D eigenvalue weighted by Gasteiger charge is 2.35. The van der Waals surface area contributed by atoms with Crippen LogP contribution in [0.1, 0.15) is 28.8 Å². The zero-order valence-corrected chi connectivity index (χ0v) is 14.6. The van der Waals surface area contributed by atoms with E-state index in [0.717, 1.165) is 5.56 Å². The minimum absolute atomic E-state index is 0.189. The summed E-state index contributed by atoms with van der Waals surface area (Å²) in [6.07, 6.45) is 1.30. The van der Waals surface area contributed by atoms with Gasteiger partial charge in [-0.25, -0.2) is 13.2 Å². The molecule has 138 valence electrons. The number of hydrogen-bond donors (Lipinski definition) is 1. The van der Waals surface area contributed by atoms with E-state index in [-0.39, 0.29) is 6.54 Å². The van der Waals surface area contributed by atoms with Crippen molar-refractivity contribution in [2.75, 3.05) is 19.8 Å². The Balaban J connectivity index is 1.82. The molecule has 3 rings (SSSR count). The third-order valence-corrected chi connectivity index (χ3v) is 4.98. The predicted molar refractivity (Wildman–Crippen MR) is 91.8 cm³/mol. The van der Waals surface area contributed by atoms with Crippen LogP contribution < -0.4 is 5.32 Å². The second kappa shape index (κ2) is 7.68. The van der Waals surface area contributed by atoms with Crippen molar-refractivity contribution in [1.82, 2.24) is 5.32 Å². The standard InChI is InChI=1S/C19H17ClF3NO2/c20-13-3-1-12(2-4-13)19(5-7-26-8-6-19)11-24-18(25)15-9-14(21)10-16(22)17(15)23/h1-4,9-10H,5-8,11H2,(H,24,25). The van der Waals surface area contributed by atoms with Gasteiger partial charge >= 0.3 is 0 Å². The highest BCUT2D eigenvalue weighted by molar-refractivity contribution is 6.30. The summed E-state index contributed by atoms with van der Waals surface area (Å²) >= 11 is 5.94. The summed E-state index contributed by atoms with van der Waals surface area (Å²) in [5.41, 5.74) is -0.0990. The van der Waals surface area contributed by atoms with Crippen molar-refractivity contribution in [2.45, 2.75) is 18.3 Å². The molecule has 0 aromatic heterocycles. The van der Waals surface area contributed by atoms with E-state index in [9.17, 15) is 18.0 Å². The maximum Gasteiger partial charge on any atom is 0.254 e. The molecule has 1 aliphatic heterocycles. The van der Waals surface area contributed by atoms with Crippen LogP contribution in [0.25, 0.3) is 0 Å². The van der Waals surface area contributed by atoms with Crippen LogP contribution in [0.5, 0.6) is 0 Å². The SMILES string of the molecule is O=C(NCC1(c2ccc(Cl)cc2)CCOCC1)c1cc(F)cc(F)c1F. The molecule has 1 fully saturated rings. The number of carbonyl (C=O) groups excluding carboxylic acids is 1. The van der Waals surface area contributed by atoms with Gasteiger partial charge in [-0.3, -0.25) is 4.79 Å². The number of halogens is 4. The molecule has 0 unspecified atom stereocenters. The van der Waals surface area contributed by atoms with Crippen LogP contribution in [0.3, 0.4) is 0 Å². The van der Waals surface area contributed by atoms with Gasteiger partial charge in [0.2, 0.25) is 0 Å². The summed E-state index contributed by atoms with van der Waals surface area (Å²) in [6, 6.07) is 8.37. The molecule has 0 spiro atoms. The molecule has 0 atom stereocenters. The molecule has 0 bridgehead atoms. The molecule has 1 N–H and O–H groups in total. The van der Waals surface area contributed by atoms with Crippen molar-refractivity contribution in [2.24, 2.45) is 0 Å². The van der Waals surface area contributed by atoms with Crippen LogP contribution in [0.2, 0.25) is 5.02 Å². The second-order valence-corrected chi connectivity index (χ2v) is 6.77. The molecule has 1 aliphatic rings. The van der Waals surface area contributed by atoms with Gasteiger partial charge in [-0.2, -0.15) is 0 Å². The van der Waals surface area contributed by atoms with E-state index in [1.807, 2.05) is 12.1 Å². The van der Waals surface area contributed by atoms with E-state index in [2.05, 4.69) is 5.32 Å². The van der Waals surface area contributed by atoms with Gasteiger partial charge in [-0.1, -0.05) is 23.7 Å². The van der Waals surface area contributed by atoms with E-state index in [1.54, 1.807) is 12.1 Å². The lowest BCUT2D eigenvalue weighted by Crippen LogP contribution is -2.44. The number of hydrogen-bond acceptors (Lipinski definition) is 2. The third-order valence-electron chi connectivity index (χ3n) is 4.73. The Morgan fingerprint density at radius 3 is 2.42 bits per heavy atom. The van der Waals surface area contributed by atoms with E-state index in [0.29, 0.717) is 43.2 Å². The number of carbonyl (C=O) groups is 1. The Kier molecular flexibility index (Phi) is 5.53. The lowest BCUT2D eigenvalue weighted by Gasteiger charge is -2.38. The quantitative estimate of drug-likeness (QED) is 0.802. The Hall–Kier alpha value is -2.05. The summed E-state index contributed by atoms with van der Waals surface area (Å²) in [7, 11) is 0. The van der Waals surface area contributed by atoms with Crippen LogP contribution in [-0.4, -0.2) is 25.7 Å². The van der Waals surface area contributed by atoms with Gasteiger partial charge in [-0.15, -0.1) is 0 Å². The van der Waals surface area contributed by atoms with Crippen molar-refractivity contribution in [3.8, 4) is 0 Å². The van der Waals surface area contributed by atoms with E-state index >= 15 is 0 Å². The molecule has 2 aromatic rings. The molecular formula is C19H17ClF3NO2. The Bertz CT molecular complexity index is 805. The highest BCUT2D eigenvalue weighted by Crippen LogP contribution is 2.35. The van der Waals surface area contributed by atoms with Gasteiger partial charge in [0.05, 0.1) is 5.56 Å². The van der Waals surface area contributed by atoms with Crippen LogP contribution in [0, 0.1) is 17.5 Å². The van der Waals surface area contributed by atoms with Gasteiger partial charge in [0.1, 0.15) is 5.82 Å². The summed E-state index contributed by atoms with van der Waals surface area (Å²) in [4.78, 5) is 12.3. The number of benzene rings is 2. The fourth-order valence-corrected chi connectivity index (χ4v) is 3.32. The summed E-state index contributed by atoms with van der Waals surface area (Å²) in [6.45, 7) is 1.22. The summed E-state index contributed by atoms with van der Waals surface area (Å²) in [5, 5.41) is 3.21. The predicted octanol–water partition coefficient (Wildman–Crippen LogP) is 4.24. The van der Waals surface area contributed by atoms with Gasteiger partial charge < -0.3 is 10.1 Å². The monoisotopic (exact) mass is 383 g/mol. The first-order valence-electron chi connectivity index (χ1n) is 8.18. The summed E-state index contributed by atoms with van der Waals surface area (Å²) < 4.78 is 45.9. The molecule has 0 radical (unpaired) electrons. The van der Waals surface area contributed by atoms with E-state index < -0.39 is 34.3 Å². The molecule has 1 amide bonds. The molecule has 1 saturated heterocycles. The number of amides is 1. The minimum Gasteiger partial charge on any atom is -0.381 e. The minimum atomic E-state index is -1.39. The third kappa shape index (κ3) is 3.86. The van der Waals surface area contributed by atoms with Gasteiger partial charge in [0.25, 0.3) is 5.91 Å². The zero-order valence-electron chi connectivity index (χ0n) is 13.8. The van der Waals surface area contributed by atoms with Crippen LogP contribution in [0.4, 0.5) is 13.2 Å². The van der Waals surface area contributed by atoms with Crippen molar-refractivity contribution in [1.29, 1.82) is 0 Å². The van der Waals surface area contributed by atoms with Crippen molar-refractivity contribution in [3.63, 3.8) is 0 Å². The highest BCUT2D eigenvalue weighted by atomic mass is 35.5. The fraction of sp³-hybridized carbons (Fsp3) is 0.316. The maximum absolute atomic E-state index is 13.8. The molecule has 26 heavy (non-hydrogen) atoms. The van der Waals surface area contributed by atoms with Gasteiger partial charge in [0.15, 0.2) is 11.6 Å². The maximum atomic E-state index is 13.8.